The van der Waals surface area contributed by atoms with Gasteiger partial charge in [-0.1, -0.05) is 35.5 Å². The zero-order chi connectivity index (χ0) is 13.6. The molecule has 2 heterocycles. The van der Waals surface area contributed by atoms with E-state index in [0.29, 0.717) is 6.54 Å². The lowest BCUT2D eigenvalue weighted by molar-refractivity contribution is 0.406. The van der Waals surface area contributed by atoms with Crippen LogP contribution >= 0.6 is 0 Å². The first-order valence-corrected chi connectivity index (χ1v) is 6.60. The molecule has 6 heteroatoms. The summed E-state index contributed by atoms with van der Waals surface area (Å²) in [6.45, 7) is 0.546. The first-order valence-electron chi connectivity index (χ1n) is 6.60. The fourth-order valence-electron chi connectivity index (χ4n) is 2.09. The van der Waals surface area contributed by atoms with Crippen LogP contribution in [0.5, 0.6) is 0 Å². The number of benzene rings is 1. The molecule has 0 radical (unpaired) electrons. The third kappa shape index (κ3) is 3.09. The zero-order valence-corrected chi connectivity index (χ0v) is 11.0. The molecule has 0 aliphatic rings. The maximum atomic E-state index is 4.81. The maximum absolute atomic E-state index is 4.81. The molecule has 0 N–H and O–H groups in total. The third-order valence-electron chi connectivity index (χ3n) is 3.12. The highest BCUT2D eigenvalue weighted by Crippen LogP contribution is 2.07. The van der Waals surface area contributed by atoms with E-state index in [1.165, 1.54) is 5.56 Å². The summed E-state index contributed by atoms with van der Waals surface area (Å²) in [7, 11) is 0. The van der Waals surface area contributed by atoms with Crippen LogP contribution in [0, 0.1) is 0 Å². The van der Waals surface area contributed by atoms with Gasteiger partial charge in [-0.05, 0) is 28.8 Å². The van der Waals surface area contributed by atoms with E-state index in [1.54, 1.807) is 10.9 Å². The van der Waals surface area contributed by atoms with Gasteiger partial charge in [-0.2, -0.15) is 0 Å². The smallest absolute Gasteiger partial charge is 0.151 e. The Labute approximate surface area is 116 Å². The average molecular weight is 269 g/mol. The lowest BCUT2D eigenvalue weighted by Gasteiger charge is -2.03. The predicted molar refractivity (Wildman–Crippen MR) is 71.9 cm³/mol. The summed E-state index contributed by atoms with van der Waals surface area (Å²) in [5.74, 6) is 0.879. The van der Waals surface area contributed by atoms with Crippen LogP contribution in [-0.4, -0.2) is 25.4 Å². The van der Waals surface area contributed by atoms with Gasteiger partial charge in [0.25, 0.3) is 0 Å². The summed E-state index contributed by atoms with van der Waals surface area (Å²) in [6, 6.07) is 12.2. The monoisotopic (exact) mass is 269 g/mol. The van der Waals surface area contributed by atoms with Gasteiger partial charge in [0.1, 0.15) is 12.0 Å². The van der Waals surface area contributed by atoms with Crippen molar-refractivity contribution in [3.8, 4) is 0 Å². The topological polar surface area (TPSA) is 69.6 Å². The van der Waals surface area contributed by atoms with Gasteiger partial charge in [-0.3, -0.25) is 0 Å². The van der Waals surface area contributed by atoms with Gasteiger partial charge in [0.05, 0.1) is 6.54 Å². The van der Waals surface area contributed by atoms with Crippen molar-refractivity contribution in [3.63, 3.8) is 0 Å². The van der Waals surface area contributed by atoms with E-state index in [0.717, 1.165) is 30.8 Å². The summed E-state index contributed by atoms with van der Waals surface area (Å²) in [5, 5.41) is 15.7. The van der Waals surface area contributed by atoms with Gasteiger partial charge in [-0.25, -0.2) is 4.68 Å². The van der Waals surface area contributed by atoms with E-state index in [-0.39, 0.29) is 0 Å². The van der Waals surface area contributed by atoms with E-state index >= 15 is 0 Å². The number of hydrogen-bond acceptors (Lipinski definition) is 5. The molecule has 102 valence electrons. The summed E-state index contributed by atoms with van der Waals surface area (Å²) >= 11 is 0. The predicted octanol–water partition coefficient (Wildman–Crippen LogP) is 1.88. The molecule has 0 bridgehead atoms. The van der Waals surface area contributed by atoms with Crippen molar-refractivity contribution in [2.75, 3.05) is 0 Å². The van der Waals surface area contributed by atoms with Crippen molar-refractivity contribution in [2.45, 2.75) is 25.8 Å². The van der Waals surface area contributed by atoms with Crippen LogP contribution in [-0.2, 0) is 19.4 Å². The molecule has 20 heavy (non-hydrogen) atoms. The SMILES string of the molecule is c1ccc(CCCc2nnnn2Cc2ccon2)cc1. The summed E-state index contributed by atoms with van der Waals surface area (Å²) < 4.78 is 6.58. The fraction of sp³-hybridized carbons (Fsp3) is 0.286. The van der Waals surface area contributed by atoms with Crippen LogP contribution in [0.1, 0.15) is 23.5 Å². The molecule has 0 fully saturated rings. The quantitative estimate of drug-likeness (QED) is 0.683. The largest absolute Gasteiger partial charge is 0.364 e. The number of tetrazole rings is 1. The van der Waals surface area contributed by atoms with Crippen LogP contribution < -0.4 is 0 Å². The molecule has 0 amide bonds. The minimum absolute atomic E-state index is 0.546. The molecule has 0 atom stereocenters. The molecular formula is C14H15N5O. The van der Waals surface area contributed by atoms with Crippen LogP contribution in [0.4, 0.5) is 0 Å². The number of rotatable bonds is 6. The Balaban J connectivity index is 1.57. The lowest BCUT2D eigenvalue weighted by Crippen LogP contribution is -2.08. The number of nitrogens with zero attached hydrogens (tertiary/aromatic N) is 5. The molecular weight excluding hydrogens is 254 g/mol. The molecule has 1 aromatic carbocycles. The summed E-state index contributed by atoms with van der Waals surface area (Å²) in [6.07, 6.45) is 4.44. The zero-order valence-electron chi connectivity index (χ0n) is 11.0. The van der Waals surface area contributed by atoms with E-state index in [9.17, 15) is 0 Å². The second kappa shape index (κ2) is 6.10. The van der Waals surface area contributed by atoms with E-state index in [1.807, 2.05) is 12.1 Å². The van der Waals surface area contributed by atoms with Crippen LogP contribution in [0.2, 0.25) is 0 Å². The number of aromatic nitrogens is 5. The lowest BCUT2D eigenvalue weighted by atomic mass is 10.1. The van der Waals surface area contributed by atoms with Crippen LogP contribution in [0.25, 0.3) is 0 Å². The standard InChI is InChI=1S/C14H15N5O/c1-2-5-12(6-3-1)7-4-8-14-15-17-18-19(14)11-13-9-10-20-16-13/h1-3,5-6,9-10H,4,7-8,11H2. The van der Waals surface area contributed by atoms with Crippen molar-refractivity contribution in [1.29, 1.82) is 0 Å². The average Bonchev–Trinajstić information content (AvgIpc) is 3.13. The Morgan fingerprint density at radius 2 is 1.95 bits per heavy atom. The molecule has 0 aliphatic carbocycles. The minimum Gasteiger partial charge on any atom is -0.364 e. The Morgan fingerprint density at radius 3 is 2.75 bits per heavy atom. The van der Waals surface area contributed by atoms with Crippen molar-refractivity contribution >= 4 is 0 Å². The molecule has 6 nitrogen and oxygen atoms in total. The molecule has 2 aromatic heterocycles. The first kappa shape index (κ1) is 12.5. The molecule has 3 rings (SSSR count). The minimum atomic E-state index is 0.546. The summed E-state index contributed by atoms with van der Waals surface area (Å²) in [5.41, 5.74) is 2.16. The van der Waals surface area contributed by atoms with Crippen molar-refractivity contribution < 1.29 is 4.52 Å². The molecule has 0 aliphatic heterocycles. The maximum Gasteiger partial charge on any atom is 0.151 e. The Kier molecular flexibility index (Phi) is 3.82. The highest BCUT2D eigenvalue weighted by molar-refractivity contribution is 5.14. The van der Waals surface area contributed by atoms with Gasteiger partial charge in [0, 0.05) is 12.5 Å². The Bertz CT molecular complexity index is 633. The third-order valence-corrected chi connectivity index (χ3v) is 3.12. The Hall–Kier alpha value is -2.50. The first-order chi connectivity index (χ1) is 9.92. The van der Waals surface area contributed by atoms with Crippen molar-refractivity contribution in [3.05, 3.63) is 59.7 Å². The van der Waals surface area contributed by atoms with Crippen molar-refractivity contribution in [2.24, 2.45) is 0 Å². The molecule has 3 aromatic rings. The number of aryl methyl sites for hydroxylation is 2. The van der Waals surface area contributed by atoms with Gasteiger partial charge in [0.2, 0.25) is 0 Å². The molecule has 0 saturated heterocycles. The van der Waals surface area contributed by atoms with Crippen LogP contribution in [0.15, 0.2) is 47.2 Å². The second-order valence-electron chi connectivity index (χ2n) is 4.58. The van der Waals surface area contributed by atoms with Crippen molar-refractivity contribution in [1.82, 2.24) is 25.4 Å². The summed E-state index contributed by atoms with van der Waals surface area (Å²) in [4.78, 5) is 0. The number of hydrogen-bond donors (Lipinski definition) is 0. The van der Waals surface area contributed by atoms with Gasteiger partial charge in [0.15, 0.2) is 5.82 Å². The van der Waals surface area contributed by atoms with Gasteiger partial charge >= 0.3 is 0 Å². The van der Waals surface area contributed by atoms with E-state index < -0.39 is 0 Å². The van der Waals surface area contributed by atoms with E-state index in [4.69, 9.17) is 4.52 Å². The molecule has 0 spiro atoms. The highest BCUT2D eigenvalue weighted by Gasteiger charge is 2.08. The molecule has 0 saturated carbocycles. The highest BCUT2D eigenvalue weighted by atomic mass is 16.5. The van der Waals surface area contributed by atoms with Gasteiger partial charge in [-0.15, -0.1) is 5.10 Å². The van der Waals surface area contributed by atoms with Crippen LogP contribution in [0.3, 0.4) is 0 Å². The molecule has 0 unspecified atom stereocenters. The van der Waals surface area contributed by atoms with E-state index in [2.05, 4.69) is 44.9 Å². The fourth-order valence-corrected chi connectivity index (χ4v) is 2.09. The Morgan fingerprint density at radius 1 is 1.05 bits per heavy atom. The second-order valence-corrected chi connectivity index (χ2v) is 4.58. The van der Waals surface area contributed by atoms with Gasteiger partial charge < -0.3 is 4.52 Å². The normalized spacial score (nSPS) is 10.8.